The van der Waals surface area contributed by atoms with Crippen LogP contribution in [0.3, 0.4) is 0 Å². The summed E-state index contributed by atoms with van der Waals surface area (Å²) in [6, 6.07) is 11.9. The van der Waals surface area contributed by atoms with E-state index in [1.165, 1.54) is 28.9 Å². The highest BCUT2D eigenvalue weighted by Crippen LogP contribution is 2.33. The molecule has 0 aliphatic carbocycles. The second-order valence-corrected chi connectivity index (χ2v) is 6.30. The molecule has 0 saturated carbocycles. The molecule has 0 fully saturated rings. The monoisotopic (exact) mass is 381 g/mol. The predicted molar refractivity (Wildman–Crippen MR) is 101 cm³/mol. The quantitative estimate of drug-likeness (QED) is 0.534. The van der Waals surface area contributed by atoms with Crippen LogP contribution in [-0.4, -0.2) is 38.9 Å². The third-order valence-electron chi connectivity index (χ3n) is 4.46. The van der Waals surface area contributed by atoms with Crippen LogP contribution in [0.5, 0.6) is 5.88 Å². The summed E-state index contributed by atoms with van der Waals surface area (Å²) >= 11 is 0. The maximum absolute atomic E-state index is 13.2. The van der Waals surface area contributed by atoms with Crippen LogP contribution in [0.1, 0.15) is 11.1 Å². The zero-order valence-electron chi connectivity index (χ0n) is 14.7. The molecule has 0 spiro atoms. The summed E-state index contributed by atoms with van der Waals surface area (Å²) in [7, 11) is 0. The second-order valence-electron chi connectivity index (χ2n) is 6.30. The largest absolute Gasteiger partial charge is 0.493 e. The molecule has 2 heterocycles. The van der Waals surface area contributed by atoms with E-state index in [9.17, 15) is 19.6 Å². The Balaban J connectivity index is 1.79. The number of nitro groups is 1. The Hall–Kier alpha value is -3.75. The molecule has 0 unspecified atom stereocenters. The van der Waals surface area contributed by atoms with Crippen LogP contribution < -0.4 is 5.32 Å². The summed E-state index contributed by atoms with van der Waals surface area (Å²) in [4.78, 5) is 14.7. The molecular weight excluding hydrogens is 365 g/mol. The van der Waals surface area contributed by atoms with E-state index in [-0.39, 0.29) is 17.4 Å². The van der Waals surface area contributed by atoms with Crippen molar-refractivity contribution in [3.05, 3.63) is 75.6 Å². The number of benzene rings is 2. The molecule has 0 amide bonds. The molecule has 1 aliphatic rings. The molecule has 2 N–H and O–H groups in total. The minimum Gasteiger partial charge on any atom is -0.493 e. The molecule has 3 aromatic rings. The molecule has 0 atom stereocenters. The first-order valence-corrected chi connectivity index (χ1v) is 8.62. The molecule has 1 aromatic heterocycles. The van der Waals surface area contributed by atoms with Crippen molar-refractivity contribution >= 4 is 11.6 Å². The molecule has 142 valence electrons. The summed E-state index contributed by atoms with van der Waals surface area (Å²) in [6.45, 7) is 1.23. The lowest BCUT2D eigenvalue weighted by molar-refractivity contribution is -0.384. The SMILES string of the molecule is O=[N+]([O-])c1ccc(-c2nn(C3=NCCN3)c(O)c2Cc2ccc(F)cc2)cc1. The molecule has 9 heteroatoms. The van der Waals surface area contributed by atoms with Gasteiger partial charge in [0.2, 0.25) is 11.8 Å². The average Bonchev–Trinajstić information content (AvgIpc) is 3.33. The third-order valence-corrected chi connectivity index (χ3v) is 4.46. The number of hydrogen-bond acceptors (Lipinski definition) is 6. The molecule has 28 heavy (non-hydrogen) atoms. The maximum Gasteiger partial charge on any atom is 0.269 e. The summed E-state index contributed by atoms with van der Waals surface area (Å²) in [5.74, 6) is 0.0145. The number of non-ortho nitro benzene ring substituents is 1. The topological polar surface area (TPSA) is 106 Å². The first kappa shape index (κ1) is 17.7. The molecular formula is C19H16FN5O3. The standard InChI is InChI=1S/C19H16FN5O3/c20-14-5-1-12(2-6-14)11-16-17(13-3-7-15(8-4-13)25(27)28)23-24(18(16)26)19-21-9-10-22-19/h1-8,26H,9-11H2,(H,21,22). The molecule has 4 rings (SSSR count). The Morgan fingerprint density at radius 3 is 2.50 bits per heavy atom. The van der Waals surface area contributed by atoms with Crippen LogP contribution in [0.15, 0.2) is 53.5 Å². The van der Waals surface area contributed by atoms with Crippen molar-refractivity contribution in [1.29, 1.82) is 0 Å². The number of nitrogens with one attached hydrogen (secondary N) is 1. The van der Waals surface area contributed by atoms with Crippen LogP contribution in [0.25, 0.3) is 11.3 Å². The zero-order chi connectivity index (χ0) is 19.7. The summed E-state index contributed by atoms with van der Waals surface area (Å²) in [5.41, 5.74) is 2.38. The lowest BCUT2D eigenvalue weighted by Gasteiger charge is -2.05. The Bertz CT molecular complexity index is 1060. The number of halogens is 1. The van der Waals surface area contributed by atoms with Gasteiger partial charge < -0.3 is 10.4 Å². The van der Waals surface area contributed by atoms with Crippen molar-refractivity contribution in [3.63, 3.8) is 0 Å². The Kier molecular flexibility index (Phi) is 4.48. The minimum atomic E-state index is -0.476. The van der Waals surface area contributed by atoms with Gasteiger partial charge in [-0.05, 0) is 29.8 Å². The van der Waals surface area contributed by atoms with Crippen LogP contribution >= 0.6 is 0 Å². The van der Waals surface area contributed by atoms with Crippen LogP contribution in [-0.2, 0) is 6.42 Å². The number of nitro benzene ring substituents is 1. The van der Waals surface area contributed by atoms with E-state index in [4.69, 9.17) is 0 Å². The fourth-order valence-corrected chi connectivity index (χ4v) is 3.06. The van der Waals surface area contributed by atoms with Gasteiger partial charge in [-0.25, -0.2) is 9.38 Å². The molecule has 0 saturated heterocycles. The lowest BCUT2D eigenvalue weighted by Crippen LogP contribution is -2.26. The maximum atomic E-state index is 13.2. The lowest BCUT2D eigenvalue weighted by atomic mass is 10.0. The number of nitrogens with zero attached hydrogens (tertiary/aromatic N) is 4. The Morgan fingerprint density at radius 1 is 1.18 bits per heavy atom. The minimum absolute atomic E-state index is 0.0330. The van der Waals surface area contributed by atoms with Crippen molar-refractivity contribution < 1.29 is 14.4 Å². The molecule has 0 radical (unpaired) electrons. The summed E-state index contributed by atoms with van der Waals surface area (Å²) < 4.78 is 14.5. The van der Waals surface area contributed by atoms with Gasteiger partial charge >= 0.3 is 0 Å². The number of rotatable bonds is 4. The van der Waals surface area contributed by atoms with E-state index in [0.29, 0.717) is 42.3 Å². The van der Waals surface area contributed by atoms with Gasteiger partial charge in [-0.3, -0.25) is 10.1 Å². The normalized spacial score (nSPS) is 13.2. The molecule has 0 bridgehead atoms. The molecule has 1 aliphatic heterocycles. The highest BCUT2D eigenvalue weighted by atomic mass is 19.1. The van der Waals surface area contributed by atoms with Gasteiger partial charge in [-0.2, -0.15) is 9.78 Å². The van der Waals surface area contributed by atoms with E-state index in [0.717, 1.165) is 5.56 Å². The average molecular weight is 381 g/mol. The number of hydrogen-bond donors (Lipinski definition) is 2. The van der Waals surface area contributed by atoms with Gasteiger partial charge in [-0.15, -0.1) is 0 Å². The smallest absolute Gasteiger partial charge is 0.269 e. The van der Waals surface area contributed by atoms with Crippen molar-refractivity contribution in [2.45, 2.75) is 6.42 Å². The van der Waals surface area contributed by atoms with Crippen molar-refractivity contribution in [2.24, 2.45) is 4.99 Å². The van der Waals surface area contributed by atoms with Crippen LogP contribution in [0, 0.1) is 15.9 Å². The van der Waals surface area contributed by atoms with Gasteiger partial charge in [0.1, 0.15) is 11.5 Å². The first-order valence-electron chi connectivity index (χ1n) is 8.62. The van der Waals surface area contributed by atoms with Gasteiger partial charge in [0.15, 0.2) is 0 Å². The molecule has 2 aromatic carbocycles. The fourth-order valence-electron chi connectivity index (χ4n) is 3.06. The predicted octanol–water partition coefficient (Wildman–Crippen LogP) is 2.70. The Morgan fingerprint density at radius 2 is 1.89 bits per heavy atom. The van der Waals surface area contributed by atoms with E-state index in [1.807, 2.05) is 0 Å². The first-order chi connectivity index (χ1) is 13.5. The van der Waals surface area contributed by atoms with Crippen molar-refractivity contribution in [3.8, 4) is 17.1 Å². The van der Waals surface area contributed by atoms with Gasteiger partial charge in [0.05, 0.1) is 11.5 Å². The van der Waals surface area contributed by atoms with E-state index < -0.39 is 4.92 Å². The van der Waals surface area contributed by atoms with Crippen molar-refractivity contribution in [1.82, 2.24) is 15.1 Å². The van der Waals surface area contributed by atoms with E-state index >= 15 is 0 Å². The number of aromatic nitrogens is 2. The van der Waals surface area contributed by atoms with E-state index in [2.05, 4.69) is 15.4 Å². The van der Waals surface area contributed by atoms with Crippen LogP contribution in [0.4, 0.5) is 10.1 Å². The van der Waals surface area contributed by atoms with Gasteiger partial charge in [-0.1, -0.05) is 12.1 Å². The fraction of sp³-hybridized carbons (Fsp3) is 0.158. The number of aromatic hydroxyl groups is 1. The van der Waals surface area contributed by atoms with E-state index in [1.54, 1.807) is 24.3 Å². The Labute approximate surface area is 159 Å². The number of aliphatic imine (C=N–C) groups is 1. The van der Waals surface area contributed by atoms with Gasteiger partial charge in [0, 0.05) is 36.2 Å². The van der Waals surface area contributed by atoms with Crippen molar-refractivity contribution in [2.75, 3.05) is 13.1 Å². The van der Waals surface area contributed by atoms with Gasteiger partial charge in [0.25, 0.3) is 5.69 Å². The third kappa shape index (κ3) is 3.29. The zero-order valence-corrected chi connectivity index (χ0v) is 14.7. The highest BCUT2D eigenvalue weighted by Gasteiger charge is 2.23. The summed E-state index contributed by atoms with van der Waals surface area (Å²) in [6.07, 6.45) is 0.311. The summed E-state index contributed by atoms with van der Waals surface area (Å²) in [5, 5.41) is 29.2. The molecule has 8 nitrogen and oxygen atoms in total. The second kappa shape index (κ2) is 7.10. The van der Waals surface area contributed by atoms with Crippen LogP contribution in [0.2, 0.25) is 0 Å². The highest BCUT2D eigenvalue weighted by molar-refractivity contribution is 5.86.